The molecule has 9 nitrogen and oxygen atoms in total. The third-order valence-corrected chi connectivity index (χ3v) is 6.89. The molecule has 2 aromatic heterocycles. The Morgan fingerprint density at radius 2 is 1.70 bits per heavy atom. The SMILES string of the molecule is CCCCc1c(C(OC)OC)n(C(C)CC)c(=O)n1Cc1ccc(-c2ccccc2-c2nn[nH]n2)cc1. The lowest BCUT2D eigenvalue weighted by molar-refractivity contribution is -0.111. The van der Waals surface area contributed by atoms with Crippen molar-refractivity contribution in [1.82, 2.24) is 29.8 Å². The molecule has 37 heavy (non-hydrogen) atoms. The highest BCUT2D eigenvalue weighted by atomic mass is 16.7. The third kappa shape index (κ3) is 5.42. The first-order chi connectivity index (χ1) is 18.0. The second kappa shape index (κ2) is 12.1. The Bertz CT molecular complexity index is 1340. The molecule has 0 fully saturated rings. The Morgan fingerprint density at radius 1 is 1.00 bits per heavy atom. The fraction of sp³-hybridized carbons (Fsp3) is 0.429. The fourth-order valence-electron chi connectivity index (χ4n) is 4.75. The summed E-state index contributed by atoms with van der Waals surface area (Å²) in [6, 6.07) is 16.3. The van der Waals surface area contributed by atoms with Gasteiger partial charge in [-0.3, -0.25) is 9.13 Å². The van der Waals surface area contributed by atoms with E-state index in [1.165, 1.54) is 0 Å². The maximum Gasteiger partial charge on any atom is 0.329 e. The molecule has 2 aromatic carbocycles. The smallest absolute Gasteiger partial charge is 0.329 e. The van der Waals surface area contributed by atoms with E-state index in [2.05, 4.69) is 65.7 Å². The zero-order valence-electron chi connectivity index (χ0n) is 22.3. The number of aromatic nitrogens is 6. The first kappa shape index (κ1) is 26.5. The summed E-state index contributed by atoms with van der Waals surface area (Å²) in [4.78, 5) is 13.8. The van der Waals surface area contributed by atoms with Crippen molar-refractivity contribution in [2.24, 2.45) is 0 Å². The number of rotatable bonds is 12. The minimum atomic E-state index is -0.598. The van der Waals surface area contributed by atoms with E-state index in [0.29, 0.717) is 12.4 Å². The number of nitrogens with one attached hydrogen (secondary N) is 1. The molecule has 196 valence electrons. The summed E-state index contributed by atoms with van der Waals surface area (Å²) in [6.07, 6.45) is 3.02. The minimum Gasteiger partial charge on any atom is -0.350 e. The van der Waals surface area contributed by atoms with E-state index in [9.17, 15) is 4.79 Å². The quantitative estimate of drug-likeness (QED) is 0.268. The predicted molar refractivity (Wildman–Crippen MR) is 143 cm³/mol. The summed E-state index contributed by atoms with van der Waals surface area (Å²) >= 11 is 0. The molecule has 9 heteroatoms. The number of hydrogen-bond acceptors (Lipinski definition) is 6. The first-order valence-electron chi connectivity index (χ1n) is 12.8. The van der Waals surface area contributed by atoms with Gasteiger partial charge in [0, 0.05) is 31.5 Å². The minimum absolute atomic E-state index is 0.0268. The molecule has 0 spiro atoms. The molecule has 0 aliphatic rings. The van der Waals surface area contributed by atoms with Crippen molar-refractivity contribution in [1.29, 1.82) is 0 Å². The van der Waals surface area contributed by atoms with Gasteiger partial charge >= 0.3 is 5.69 Å². The van der Waals surface area contributed by atoms with Gasteiger partial charge < -0.3 is 9.47 Å². The third-order valence-electron chi connectivity index (χ3n) is 6.89. The highest BCUT2D eigenvalue weighted by molar-refractivity contribution is 5.80. The van der Waals surface area contributed by atoms with Crippen molar-refractivity contribution >= 4 is 0 Å². The van der Waals surface area contributed by atoms with Crippen LogP contribution in [0.5, 0.6) is 0 Å². The largest absolute Gasteiger partial charge is 0.350 e. The van der Waals surface area contributed by atoms with Gasteiger partial charge in [0.2, 0.25) is 5.82 Å². The van der Waals surface area contributed by atoms with E-state index in [1.54, 1.807) is 14.2 Å². The zero-order chi connectivity index (χ0) is 26.4. The van der Waals surface area contributed by atoms with Gasteiger partial charge in [-0.2, -0.15) is 5.21 Å². The number of H-pyrrole nitrogens is 1. The van der Waals surface area contributed by atoms with E-state index in [0.717, 1.165) is 59.3 Å². The highest BCUT2D eigenvalue weighted by Gasteiger charge is 2.28. The molecule has 0 bridgehead atoms. The number of unbranched alkanes of at least 4 members (excludes halogenated alkanes) is 1. The Labute approximate surface area is 217 Å². The van der Waals surface area contributed by atoms with Crippen LogP contribution in [0, 0.1) is 0 Å². The number of imidazole rings is 1. The van der Waals surface area contributed by atoms with Gasteiger partial charge in [-0.05, 0) is 48.1 Å². The van der Waals surface area contributed by atoms with Gasteiger partial charge in [0.05, 0.1) is 12.2 Å². The van der Waals surface area contributed by atoms with Crippen molar-refractivity contribution in [3.8, 4) is 22.5 Å². The lowest BCUT2D eigenvalue weighted by Crippen LogP contribution is -2.28. The molecule has 0 saturated heterocycles. The molecular weight excluding hydrogens is 468 g/mol. The normalized spacial score (nSPS) is 12.4. The van der Waals surface area contributed by atoms with Crippen molar-refractivity contribution in [2.45, 2.75) is 65.3 Å². The summed E-state index contributed by atoms with van der Waals surface area (Å²) in [6.45, 7) is 6.78. The van der Waals surface area contributed by atoms with Gasteiger partial charge in [-0.1, -0.05) is 68.8 Å². The Balaban J connectivity index is 1.73. The standard InChI is InChI=1S/C28H36N6O3/c1-6-8-13-24-25(27(36-4)37-5)34(19(3)7-2)28(35)33(24)18-20-14-16-21(17-15-20)22-11-9-10-12-23(22)26-29-31-32-30-26/h9-12,14-17,19,27H,6-8,13,18H2,1-5H3,(H,29,30,31,32). The lowest BCUT2D eigenvalue weighted by atomic mass is 9.98. The van der Waals surface area contributed by atoms with Gasteiger partial charge in [-0.15, -0.1) is 10.2 Å². The topological polar surface area (TPSA) is 99.9 Å². The van der Waals surface area contributed by atoms with Crippen LogP contribution >= 0.6 is 0 Å². The summed E-state index contributed by atoms with van der Waals surface area (Å²) in [5.41, 5.74) is 5.78. The maximum absolute atomic E-state index is 13.8. The van der Waals surface area contributed by atoms with Crippen molar-refractivity contribution < 1.29 is 9.47 Å². The van der Waals surface area contributed by atoms with Crippen molar-refractivity contribution in [3.05, 3.63) is 76.0 Å². The Morgan fingerprint density at radius 3 is 2.30 bits per heavy atom. The molecule has 2 heterocycles. The van der Waals surface area contributed by atoms with E-state index in [-0.39, 0.29) is 11.7 Å². The Kier molecular flexibility index (Phi) is 8.68. The van der Waals surface area contributed by atoms with Gasteiger partial charge in [0.25, 0.3) is 0 Å². The van der Waals surface area contributed by atoms with Crippen LogP contribution in [-0.2, 0) is 22.4 Å². The number of methoxy groups -OCH3 is 2. The summed E-state index contributed by atoms with van der Waals surface area (Å²) in [5.74, 6) is 0.552. The number of nitrogens with zero attached hydrogens (tertiary/aromatic N) is 5. The molecule has 4 rings (SSSR count). The molecule has 0 amide bonds. The van der Waals surface area contributed by atoms with Crippen LogP contribution in [0.2, 0.25) is 0 Å². The van der Waals surface area contributed by atoms with Crippen LogP contribution in [0.3, 0.4) is 0 Å². The summed E-state index contributed by atoms with van der Waals surface area (Å²) in [5, 5.41) is 14.5. The first-order valence-corrected chi connectivity index (χ1v) is 12.8. The van der Waals surface area contributed by atoms with E-state index < -0.39 is 6.29 Å². The zero-order valence-corrected chi connectivity index (χ0v) is 22.3. The molecule has 1 unspecified atom stereocenters. The molecule has 4 aromatic rings. The summed E-state index contributed by atoms with van der Waals surface area (Å²) < 4.78 is 15.1. The van der Waals surface area contributed by atoms with Crippen molar-refractivity contribution in [2.75, 3.05) is 14.2 Å². The molecular formula is C28H36N6O3. The van der Waals surface area contributed by atoms with Crippen LogP contribution in [0.25, 0.3) is 22.5 Å². The highest BCUT2D eigenvalue weighted by Crippen LogP contribution is 2.31. The van der Waals surface area contributed by atoms with Crippen LogP contribution < -0.4 is 5.69 Å². The van der Waals surface area contributed by atoms with Gasteiger partial charge in [0.1, 0.15) is 0 Å². The number of ether oxygens (including phenoxy) is 2. The fourth-order valence-corrected chi connectivity index (χ4v) is 4.75. The number of aromatic amines is 1. The molecule has 0 aliphatic carbocycles. The van der Waals surface area contributed by atoms with Crippen LogP contribution in [-0.4, -0.2) is 44.0 Å². The average Bonchev–Trinajstić information content (AvgIpc) is 3.56. The molecule has 0 saturated carbocycles. The second-order valence-electron chi connectivity index (χ2n) is 9.21. The number of benzene rings is 2. The average molecular weight is 505 g/mol. The number of hydrogen-bond donors (Lipinski definition) is 1. The van der Waals surface area contributed by atoms with E-state index >= 15 is 0 Å². The summed E-state index contributed by atoms with van der Waals surface area (Å²) in [7, 11) is 3.23. The van der Waals surface area contributed by atoms with Crippen LogP contribution in [0.15, 0.2) is 53.3 Å². The predicted octanol–water partition coefficient (Wildman–Crippen LogP) is 5.15. The molecule has 1 N–H and O–H groups in total. The lowest BCUT2D eigenvalue weighted by Gasteiger charge is -2.20. The van der Waals surface area contributed by atoms with Gasteiger partial charge in [-0.25, -0.2) is 4.79 Å². The van der Waals surface area contributed by atoms with Gasteiger partial charge in [0.15, 0.2) is 6.29 Å². The second-order valence-corrected chi connectivity index (χ2v) is 9.21. The monoisotopic (exact) mass is 504 g/mol. The molecule has 1 atom stereocenters. The van der Waals surface area contributed by atoms with Crippen molar-refractivity contribution in [3.63, 3.8) is 0 Å². The molecule has 0 aliphatic heterocycles. The molecule has 0 radical (unpaired) electrons. The Hall–Kier alpha value is -3.56. The van der Waals surface area contributed by atoms with E-state index in [4.69, 9.17) is 9.47 Å². The van der Waals surface area contributed by atoms with E-state index in [1.807, 2.05) is 33.4 Å². The van der Waals surface area contributed by atoms with Crippen LogP contribution in [0.1, 0.15) is 69.3 Å². The number of tetrazole rings is 1. The maximum atomic E-state index is 13.8. The van der Waals surface area contributed by atoms with Crippen LogP contribution in [0.4, 0.5) is 0 Å².